The molecule has 2 heterocycles. The summed E-state index contributed by atoms with van der Waals surface area (Å²) < 4.78 is 50.6. The van der Waals surface area contributed by atoms with Gasteiger partial charge in [0, 0.05) is 12.1 Å². The van der Waals surface area contributed by atoms with Gasteiger partial charge in [-0.3, -0.25) is 4.79 Å². The average molecular weight is 431 g/mol. The number of nitrogens with zero attached hydrogens (tertiary/aromatic N) is 3. The normalized spacial score (nSPS) is 17.2. The van der Waals surface area contributed by atoms with Crippen LogP contribution in [0, 0.1) is 5.82 Å². The van der Waals surface area contributed by atoms with Crippen LogP contribution >= 0.6 is 0 Å². The molecular weight excluding hydrogens is 413 g/mol. The molecule has 0 bridgehead atoms. The molecule has 1 saturated heterocycles. The first kappa shape index (κ1) is 20.2. The van der Waals surface area contributed by atoms with E-state index in [2.05, 4.69) is 10.2 Å². The SMILES string of the molecule is O=C(OCc1nnc(-c2ccccc2)o1)C1CCCN1S(=O)(=O)c1ccc(F)cc1. The average Bonchev–Trinajstić information content (AvgIpc) is 3.43. The molecule has 3 aromatic rings. The van der Waals surface area contributed by atoms with Gasteiger partial charge in [0.1, 0.15) is 11.9 Å². The second kappa shape index (κ2) is 8.33. The minimum Gasteiger partial charge on any atom is -0.454 e. The van der Waals surface area contributed by atoms with E-state index >= 15 is 0 Å². The molecule has 30 heavy (non-hydrogen) atoms. The lowest BCUT2D eigenvalue weighted by Gasteiger charge is -2.22. The van der Waals surface area contributed by atoms with Crippen LogP contribution in [-0.2, 0) is 26.2 Å². The lowest BCUT2D eigenvalue weighted by atomic mass is 10.2. The third-order valence-corrected chi connectivity index (χ3v) is 6.64. The molecule has 1 aliphatic heterocycles. The fraction of sp³-hybridized carbons (Fsp3) is 0.250. The van der Waals surface area contributed by atoms with Gasteiger partial charge in [0.05, 0.1) is 4.90 Å². The van der Waals surface area contributed by atoms with Gasteiger partial charge in [-0.25, -0.2) is 12.8 Å². The van der Waals surface area contributed by atoms with E-state index in [1.165, 1.54) is 12.1 Å². The molecule has 0 spiro atoms. The van der Waals surface area contributed by atoms with Crippen molar-refractivity contribution in [3.8, 4) is 11.5 Å². The number of aromatic nitrogens is 2. The Bertz CT molecular complexity index is 1130. The van der Waals surface area contributed by atoms with E-state index in [1.54, 1.807) is 12.1 Å². The van der Waals surface area contributed by atoms with Crippen molar-refractivity contribution >= 4 is 16.0 Å². The molecular formula is C20H18FN3O5S. The summed E-state index contributed by atoms with van der Waals surface area (Å²) in [6.45, 7) is -0.0855. The van der Waals surface area contributed by atoms with Gasteiger partial charge in [-0.1, -0.05) is 18.2 Å². The number of hydrogen-bond donors (Lipinski definition) is 0. The van der Waals surface area contributed by atoms with Crippen LogP contribution in [0.2, 0.25) is 0 Å². The highest BCUT2D eigenvalue weighted by Crippen LogP contribution is 2.27. The maximum Gasteiger partial charge on any atom is 0.324 e. The predicted molar refractivity (Wildman–Crippen MR) is 103 cm³/mol. The smallest absolute Gasteiger partial charge is 0.324 e. The summed E-state index contributed by atoms with van der Waals surface area (Å²) in [4.78, 5) is 12.5. The number of hydrogen-bond acceptors (Lipinski definition) is 7. The summed E-state index contributed by atoms with van der Waals surface area (Å²) in [7, 11) is -3.95. The van der Waals surface area contributed by atoms with Crippen molar-refractivity contribution in [2.75, 3.05) is 6.54 Å². The monoisotopic (exact) mass is 431 g/mol. The van der Waals surface area contributed by atoms with Gasteiger partial charge in [0.15, 0.2) is 6.61 Å². The van der Waals surface area contributed by atoms with Crippen LogP contribution in [0.15, 0.2) is 63.9 Å². The summed E-state index contributed by atoms with van der Waals surface area (Å²) in [5.74, 6) is -0.838. The molecule has 1 aromatic heterocycles. The number of carbonyl (C=O) groups is 1. The number of halogens is 1. The molecule has 1 atom stereocenters. The fourth-order valence-electron chi connectivity index (χ4n) is 3.24. The highest BCUT2D eigenvalue weighted by Gasteiger charge is 2.40. The van der Waals surface area contributed by atoms with Crippen LogP contribution < -0.4 is 0 Å². The van der Waals surface area contributed by atoms with Crippen molar-refractivity contribution in [1.29, 1.82) is 0 Å². The van der Waals surface area contributed by atoms with Crippen LogP contribution in [-0.4, -0.2) is 41.5 Å². The van der Waals surface area contributed by atoms with Crippen molar-refractivity contribution in [2.45, 2.75) is 30.4 Å². The second-order valence-corrected chi connectivity index (χ2v) is 8.59. The number of ether oxygens (including phenoxy) is 1. The Morgan fingerprint density at radius 3 is 2.60 bits per heavy atom. The van der Waals surface area contributed by atoms with Crippen LogP contribution in [0.25, 0.3) is 11.5 Å². The Kier molecular flexibility index (Phi) is 5.60. The van der Waals surface area contributed by atoms with Crippen LogP contribution in [0.5, 0.6) is 0 Å². The lowest BCUT2D eigenvalue weighted by molar-refractivity contribution is -0.149. The number of carbonyl (C=O) groups excluding carboxylic acids is 1. The molecule has 0 N–H and O–H groups in total. The number of sulfonamides is 1. The molecule has 10 heteroatoms. The molecule has 4 rings (SSSR count). The second-order valence-electron chi connectivity index (χ2n) is 6.70. The summed E-state index contributed by atoms with van der Waals surface area (Å²) in [5, 5.41) is 7.77. The van der Waals surface area contributed by atoms with Crippen LogP contribution in [0.1, 0.15) is 18.7 Å². The summed E-state index contributed by atoms with van der Waals surface area (Å²) >= 11 is 0. The van der Waals surface area contributed by atoms with Gasteiger partial charge in [-0.15, -0.1) is 10.2 Å². The number of benzene rings is 2. The molecule has 1 unspecified atom stereocenters. The minimum atomic E-state index is -3.95. The first-order chi connectivity index (χ1) is 14.4. The summed E-state index contributed by atoms with van der Waals surface area (Å²) in [5.41, 5.74) is 0.731. The Labute approximate surface area is 172 Å². The van der Waals surface area contributed by atoms with E-state index in [0.29, 0.717) is 18.7 Å². The van der Waals surface area contributed by atoms with Gasteiger partial charge >= 0.3 is 5.97 Å². The topological polar surface area (TPSA) is 103 Å². The first-order valence-electron chi connectivity index (χ1n) is 9.27. The van der Waals surface area contributed by atoms with Crippen molar-refractivity contribution in [3.05, 3.63) is 66.3 Å². The lowest BCUT2D eigenvalue weighted by Crippen LogP contribution is -2.41. The van der Waals surface area contributed by atoms with Crippen molar-refractivity contribution in [1.82, 2.24) is 14.5 Å². The Morgan fingerprint density at radius 1 is 1.13 bits per heavy atom. The zero-order valence-electron chi connectivity index (χ0n) is 15.8. The quantitative estimate of drug-likeness (QED) is 0.553. The minimum absolute atomic E-state index is 0.0759. The van der Waals surface area contributed by atoms with Gasteiger partial charge in [-0.05, 0) is 49.2 Å². The summed E-state index contributed by atoms with van der Waals surface area (Å²) in [6, 6.07) is 12.6. The molecule has 156 valence electrons. The van der Waals surface area contributed by atoms with E-state index in [1.807, 2.05) is 18.2 Å². The van der Waals surface area contributed by atoms with Gasteiger partial charge in [0.2, 0.25) is 15.9 Å². The van der Waals surface area contributed by atoms with Crippen LogP contribution in [0.3, 0.4) is 0 Å². The third-order valence-electron chi connectivity index (χ3n) is 4.72. The van der Waals surface area contributed by atoms with Crippen molar-refractivity contribution in [2.24, 2.45) is 0 Å². The largest absolute Gasteiger partial charge is 0.454 e. The zero-order chi connectivity index (χ0) is 21.1. The first-order valence-corrected chi connectivity index (χ1v) is 10.7. The Balaban J connectivity index is 1.43. The zero-order valence-corrected chi connectivity index (χ0v) is 16.6. The predicted octanol–water partition coefficient (Wildman–Crippen LogP) is 2.77. The molecule has 1 aliphatic rings. The highest BCUT2D eigenvalue weighted by molar-refractivity contribution is 7.89. The van der Waals surface area contributed by atoms with Crippen LogP contribution in [0.4, 0.5) is 4.39 Å². The number of rotatable bonds is 6. The molecule has 1 fully saturated rings. The maximum atomic E-state index is 13.1. The molecule has 0 radical (unpaired) electrons. The molecule has 8 nitrogen and oxygen atoms in total. The molecule has 0 amide bonds. The maximum absolute atomic E-state index is 13.1. The third kappa shape index (κ3) is 4.10. The van der Waals surface area contributed by atoms with E-state index < -0.39 is 27.9 Å². The van der Waals surface area contributed by atoms with E-state index in [-0.39, 0.29) is 23.9 Å². The number of esters is 1. The van der Waals surface area contributed by atoms with E-state index in [0.717, 1.165) is 22.0 Å². The molecule has 0 saturated carbocycles. The molecule has 2 aromatic carbocycles. The standard InChI is InChI=1S/C20H18FN3O5S/c21-15-8-10-16(11-9-15)30(26,27)24-12-4-7-17(24)20(25)28-13-18-22-23-19(29-18)14-5-2-1-3-6-14/h1-3,5-6,8-11,17H,4,7,12-13H2. The summed E-state index contributed by atoms with van der Waals surface area (Å²) in [6.07, 6.45) is 0.845. The Morgan fingerprint density at radius 2 is 1.87 bits per heavy atom. The van der Waals surface area contributed by atoms with Crippen molar-refractivity contribution < 1.29 is 26.8 Å². The van der Waals surface area contributed by atoms with Gasteiger partial charge < -0.3 is 9.15 Å². The van der Waals surface area contributed by atoms with Gasteiger partial charge in [0.25, 0.3) is 5.89 Å². The van der Waals surface area contributed by atoms with E-state index in [9.17, 15) is 17.6 Å². The molecule has 0 aliphatic carbocycles. The Hall–Kier alpha value is -3.11. The highest BCUT2D eigenvalue weighted by atomic mass is 32.2. The van der Waals surface area contributed by atoms with E-state index in [4.69, 9.17) is 9.15 Å². The van der Waals surface area contributed by atoms with Gasteiger partial charge in [-0.2, -0.15) is 4.31 Å². The fourth-order valence-corrected chi connectivity index (χ4v) is 4.89. The van der Waals surface area contributed by atoms with Crippen molar-refractivity contribution in [3.63, 3.8) is 0 Å².